The van der Waals surface area contributed by atoms with E-state index in [1.54, 1.807) is 18.2 Å². The van der Waals surface area contributed by atoms with Gasteiger partial charge in [0.25, 0.3) is 0 Å². The standard InChI is InChI=1S/C8H7N3O3/c1-13-8(12)14-11-7-5-3-2-4-6(7)9-10-11/h2-5H,1H3. The smallest absolute Gasteiger partial charge is 0.436 e. The van der Waals surface area contributed by atoms with Crippen LogP contribution in [0, 0.1) is 0 Å². The van der Waals surface area contributed by atoms with Crippen molar-refractivity contribution < 1.29 is 14.4 Å². The lowest BCUT2D eigenvalue weighted by atomic mass is 10.3. The molecule has 72 valence electrons. The first-order chi connectivity index (χ1) is 6.81. The molecule has 0 unspecified atom stereocenters. The molecule has 0 aliphatic rings. The molecule has 14 heavy (non-hydrogen) atoms. The predicted molar refractivity (Wildman–Crippen MR) is 46.5 cm³/mol. The van der Waals surface area contributed by atoms with E-state index in [1.165, 1.54) is 7.11 Å². The maximum absolute atomic E-state index is 10.8. The van der Waals surface area contributed by atoms with E-state index >= 15 is 0 Å². The number of hydrogen-bond donors (Lipinski definition) is 0. The van der Waals surface area contributed by atoms with Gasteiger partial charge in [0.15, 0.2) is 0 Å². The van der Waals surface area contributed by atoms with E-state index in [0.29, 0.717) is 11.0 Å². The van der Waals surface area contributed by atoms with Crippen LogP contribution >= 0.6 is 0 Å². The van der Waals surface area contributed by atoms with Gasteiger partial charge in [-0.1, -0.05) is 17.0 Å². The van der Waals surface area contributed by atoms with E-state index in [1.807, 2.05) is 6.07 Å². The molecule has 6 heteroatoms. The van der Waals surface area contributed by atoms with Gasteiger partial charge in [0.2, 0.25) is 0 Å². The fraction of sp³-hybridized carbons (Fsp3) is 0.125. The third-order valence-corrected chi connectivity index (χ3v) is 1.65. The Balaban J connectivity index is 2.38. The molecule has 1 heterocycles. The fourth-order valence-electron chi connectivity index (χ4n) is 1.02. The van der Waals surface area contributed by atoms with Crippen molar-refractivity contribution in [3.05, 3.63) is 24.3 Å². The molecule has 0 fully saturated rings. The molecular formula is C8H7N3O3. The van der Waals surface area contributed by atoms with Crippen LogP contribution in [-0.4, -0.2) is 28.4 Å². The van der Waals surface area contributed by atoms with Crippen LogP contribution in [-0.2, 0) is 4.74 Å². The van der Waals surface area contributed by atoms with Gasteiger partial charge in [-0.15, -0.1) is 5.10 Å². The number of hydrogen-bond acceptors (Lipinski definition) is 5. The Hall–Kier alpha value is -2.11. The molecular weight excluding hydrogens is 186 g/mol. The summed E-state index contributed by atoms with van der Waals surface area (Å²) in [5.41, 5.74) is 1.26. The Bertz CT molecular complexity index is 466. The van der Waals surface area contributed by atoms with Gasteiger partial charge in [-0.05, 0) is 17.3 Å². The van der Waals surface area contributed by atoms with E-state index in [2.05, 4.69) is 15.0 Å². The van der Waals surface area contributed by atoms with E-state index in [4.69, 9.17) is 4.84 Å². The molecule has 0 amide bonds. The third kappa shape index (κ3) is 1.37. The van der Waals surface area contributed by atoms with Crippen molar-refractivity contribution in [3.8, 4) is 0 Å². The minimum absolute atomic E-state index is 0.609. The highest BCUT2D eigenvalue weighted by Gasteiger charge is 2.08. The van der Waals surface area contributed by atoms with Crippen LogP contribution in [0.2, 0.25) is 0 Å². The van der Waals surface area contributed by atoms with Crippen molar-refractivity contribution in [2.75, 3.05) is 7.11 Å². The van der Waals surface area contributed by atoms with E-state index in [0.717, 1.165) is 4.85 Å². The maximum Gasteiger partial charge on any atom is 0.534 e. The summed E-state index contributed by atoms with van der Waals surface area (Å²) in [5.74, 6) is 0. The van der Waals surface area contributed by atoms with Crippen molar-refractivity contribution in [2.24, 2.45) is 0 Å². The monoisotopic (exact) mass is 193 g/mol. The lowest BCUT2D eigenvalue weighted by Crippen LogP contribution is -2.20. The van der Waals surface area contributed by atoms with Crippen molar-refractivity contribution in [2.45, 2.75) is 0 Å². The number of fused-ring (bicyclic) bond motifs is 1. The highest BCUT2D eigenvalue weighted by atomic mass is 16.8. The SMILES string of the molecule is COC(=O)On1nnc2ccccc21. The van der Waals surface area contributed by atoms with Crippen molar-refractivity contribution >= 4 is 17.2 Å². The first-order valence-electron chi connectivity index (χ1n) is 3.88. The van der Waals surface area contributed by atoms with Crippen molar-refractivity contribution in [1.82, 2.24) is 15.2 Å². The van der Waals surface area contributed by atoms with E-state index in [-0.39, 0.29) is 0 Å². The predicted octanol–water partition coefficient (Wildman–Crippen LogP) is 0.626. The normalized spacial score (nSPS) is 10.1. The second-order valence-corrected chi connectivity index (χ2v) is 2.50. The summed E-state index contributed by atoms with van der Waals surface area (Å²) in [4.78, 5) is 16.5. The minimum atomic E-state index is -0.833. The molecule has 0 aliphatic carbocycles. The van der Waals surface area contributed by atoms with Gasteiger partial charge in [-0.2, -0.15) is 0 Å². The van der Waals surface area contributed by atoms with Gasteiger partial charge in [0.05, 0.1) is 7.11 Å². The van der Waals surface area contributed by atoms with Gasteiger partial charge >= 0.3 is 6.16 Å². The third-order valence-electron chi connectivity index (χ3n) is 1.65. The average molecular weight is 193 g/mol. The van der Waals surface area contributed by atoms with E-state index in [9.17, 15) is 4.79 Å². The van der Waals surface area contributed by atoms with Crippen LogP contribution in [0.1, 0.15) is 0 Å². The molecule has 0 bridgehead atoms. The topological polar surface area (TPSA) is 66.2 Å². The van der Waals surface area contributed by atoms with Gasteiger partial charge in [-0.25, -0.2) is 4.79 Å². The minimum Gasteiger partial charge on any atom is -0.436 e. The maximum atomic E-state index is 10.8. The molecule has 1 aromatic heterocycles. The quantitative estimate of drug-likeness (QED) is 0.490. The molecule has 0 saturated carbocycles. The van der Waals surface area contributed by atoms with Crippen LogP contribution in [0.3, 0.4) is 0 Å². The summed E-state index contributed by atoms with van der Waals surface area (Å²) >= 11 is 0. The summed E-state index contributed by atoms with van der Waals surface area (Å²) in [6.07, 6.45) is -0.833. The zero-order valence-corrected chi connectivity index (χ0v) is 7.38. The van der Waals surface area contributed by atoms with Crippen molar-refractivity contribution in [1.29, 1.82) is 0 Å². The average Bonchev–Trinajstić information content (AvgIpc) is 2.62. The summed E-state index contributed by atoms with van der Waals surface area (Å²) in [5, 5.41) is 7.41. The number of nitrogens with zero attached hydrogens (tertiary/aromatic N) is 3. The molecule has 0 spiro atoms. The molecule has 0 atom stereocenters. The van der Waals surface area contributed by atoms with Crippen LogP contribution < -0.4 is 4.84 Å². The van der Waals surface area contributed by atoms with Crippen LogP contribution in [0.4, 0.5) is 4.79 Å². The highest BCUT2D eigenvalue weighted by molar-refractivity contribution is 5.74. The summed E-state index contributed by atoms with van der Waals surface area (Å²) in [6, 6.07) is 7.11. The van der Waals surface area contributed by atoms with Gasteiger partial charge in [0.1, 0.15) is 11.0 Å². The Labute approximate surface area is 79.0 Å². The molecule has 1 aromatic carbocycles. The zero-order valence-electron chi connectivity index (χ0n) is 7.38. The largest absolute Gasteiger partial charge is 0.534 e. The Morgan fingerprint density at radius 3 is 3.00 bits per heavy atom. The number of aromatic nitrogens is 3. The second-order valence-electron chi connectivity index (χ2n) is 2.50. The number of carbonyl (C=O) groups is 1. The van der Waals surface area contributed by atoms with Gasteiger partial charge in [0, 0.05) is 0 Å². The highest BCUT2D eigenvalue weighted by Crippen LogP contribution is 2.07. The van der Waals surface area contributed by atoms with Crippen LogP contribution in [0.5, 0.6) is 0 Å². The van der Waals surface area contributed by atoms with Gasteiger partial charge < -0.3 is 4.74 Å². The Kier molecular flexibility index (Phi) is 2.02. The number of methoxy groups -OCH3 is 1. The number of benzene rings is 1. The number of carbonyl (C=O) groups excluding carboxylic acids is 1. The first-order valence-corrected chi connectivity index (χ1v) is 3.88. The molecule has 0 N–H and O–H groups in total. The Morgan fingerprint density at radius 2 is 2.21 bits per heavy atom. The summed E-state index contributed by atoms with van der Waals surface area (Å²) in [6.45, 7) is 0. The van der Waals surface area contributed by atoms with E-state index < -0.39 is 6.16 Å². The second kappa shape index (κ2) is 3.33. The van der Waals surface area contributed by atoms with Crippen LogP contribution in [0.15, 0.2) is 24.3 Å². The molecule has 2 aromatic rings. The van der Waals surface area contributed by atoms with Crippen LogP contribution in [0.25, 0.3) is 11.0 Å². The molecule has 0 saturated heterocycles. The lowest BCUT2D eigenvalue weighted by molar-refractivity contribution is 0.0545. The number of rotatable bonds is 1. The first kappa shape index (κ1) is 8.49. The summed E-state index contributed by atoms with van der Waals surface area (Å²) < 4.78 is 4.32. The van der Waals surface area contributed by atoms with Crippen molar-refractivity contribution in [3.63, 3.8) is 0 Å². The Morgan fingerprint density at radius 1 is 1.43 bits per heavy atom. The molecule has 0 aliphatic heterocycles. The summed E-state index contributed by atoms with van der Waals surface area (Å²) in [7, 11) is 1.22. The fourth-order valence-corrected chi connectivity index (χ4v) is 1.02. The molecule has 6 nitrogen and oxygen atoms in total. The van der Waals surface area contributed by atoms with Gasteiger partial charge in [-0.3, -0.25) is 4.84 Å². The lowest BCUT2D eigenvalue weighted by Gasteiger charge is -1.99. The molecule has 2 rings (SSSR count). The number of ether oxygens (including phenoxy) is 1. The number of para-hydroxylation sites is 1. The zero-order chi connectivity index (χ0) is 9.97. The molecule has 0 radical (unpaired) electrons.